The predicted molar refractivity (Wildman–Crippen MR) is 196 cm³/mol. The zero-order chi connectivity index (χ0) is 36.2. The van der Waals surface area contributed by atoms with E-state index in [0.29, 0.717) is 38.8 Å². The van der Waals surface area contributed by atoms with Crippen LogP contribution in [-0.2, 0) is 32.2 Å². The molecule has 270 valence electrons. The van der Waals surface area contributed by atoms with E-state index in [-0.39, 0.29) is 37.2 Å². The van der Waals surface area contributed by atoms with Gasteiger partial charge in [0.15, 0.2) is 6.29 Å². The van der Waals surface area contributed by atoms with E-state index in [1.165, 1.54) is 0 Å². The summed E-state index contributed by atoms with van der Waals surface area (Å²) in [6.07, 6.45) is 1.49. The Morgan fingerprint density at radius 3 is 2.24 bits per heavy atom. The van der Waals surface area contributed by atoms with Crippen molar-refractivity contribution in [1.82, 2.24) is 10.2 Å². The summed E-state index contributed by atoms with van der Waals surface area (Å²) >= 11 is 0. The van der Waals surface area contributed by atoms with Crippen molar-refractivity contribution in [1.29, 1.82) is 0 Å². The van der Waals surface area contributed by atoms with Crippen LogP contribution in [0.1, 0.15) is 91.8 Å². The van der Waals surface area contributed by atoms with Gasteiger partial charge < -0.3 is 30.1 Å². The van der Waals surface area contributed by atoms with Crippen molar-refractivity contribution < 1.29 is 34.4 Å². The Labute approximate surface area is 300 Å². The van der Waals surface area contributed by atoms with E-state index >= 15 is 0 Å². The summed E-state index contributed by atoms with van der Waals surface area (Å²) in [4.78, 5) is 25.1. The average molecular weight is 695 g/mol. The number of aliphatic hydroxyl groups excluding tert-OH is 2. The first-order chi connectivity index (χ1) is 24.7. The van der Waals surface area contributed by atoms with E-state index in [0.717, 1.165) is 45.4 Å². The summed E-state index contributed by atoms with van der Waals surface area (Å²) in [6.45, 7) is 3.02. The van der Waals surface area contributed by atoms with Gasteiger partial charge in [0.05, 0.1) is 24.9 Å². The van der Waals surface area contributed by atoms with Gasteiger partial charge in [0.1, 0.15) is 0 Å². The minimum absolute atomic E-state index is 0.0198. The number of carboxylic acids is 1. The Kier molecular flexibility index (Phi) is 13.9. The first-order valence-electron chi connectivity index (χ1n) is 17.8. The van der Waals surface area contributed by atoms with E-state index in [9.17, 15) is 19.8 Å². The minimum atomic E-state index is -0.806. The molecule has 9 heteroatoms. The molecule has 0 unspecified atom stereocenters. The van der Waals surface area contributed by atoms with Crippen LogP contribution < -0.4 is 5.32 Å². The van der Waals surface area contributed by atoms with E-state index < -0.39 is 18.4 Å². The average Bonchev–Trinajstić information content (AvgIpc) is 3.16. The standard InChI is InChI=1S/C42H50N2O7/c1-29(41(49)34-11-5-3-6-12-34)44(2)27-37-25-38(33-18-16-30(28-45)17-19-33)51-42(50-37)35-22-20-32(21-23-35)36-13-9-10-31(24-36)26-43-39(46)14-7-4-8-15-40(47)48/h3,5-6,9-13,16-24,29,37-38,41-42,45,49H,4,7-8,14-15,25-28H2,1-2H3,(H,43,46)(H,47,48)/t29-,37-,38+,41-,42+/m0/s1. The van der Waals surface area contributed by atoms with Crippen molar-refractivity contribution >= 4 is 11.9 Å². The van der Waals surface area contributed by atoms with Crippen LogP contribution in [0.25, 0.3) is 11.1 Å². The van der Waals surface area contributed by atoms with E-state index in [1.807, 2.05) is 98.9 Å². The number of aliphatic carboxylic acids is 1. The summed E-state index contributed by atoms with van der Waals surface area (Å²) in [5, 5.41) is 32.4. The molecule has 0 saturated carbocycles. The number of hydrogen-bond donors (Lipinski definition) is 4. The molecule has 4 aromatic carbocycles. The molecule has 0 aromatic heterocycles. The van der Waals surface area contributed by atoms with Gasteiger partial charge in [-0.1, -0.05) is 103 Å². The van der Waals surface area contributed by atoms with Gasteiger partial charge in [-0.3, -0.25) is 14.5 Å². The lowest BCUT2D eigenvalue weighted by molar-refractivity contribution is -0.253. The molecule has 1 amide bonds. The third-order valence-corrected chi connectivity index (χ3v) is 9.63. The lowest BCUT2D eigenvalue weighted by Crippen LogP contribution is -2.43. The number of benzene rings is 4. The van der Waals surface area contributed by atoms with Crippen molar-refractivity contribution in [3.8, 4) is 11.1 Å². The van der Waals surface area contributed by atoms with E-state index in [1.54, 1.807) is 0 Å². The molecule has 9 nitrogen and oxygen atoms in total. The van der Waals surface area contributed by atoms with Gasteiger partial charge in [0, 0.05) is 44.0 Å². The number of unbranched alkanes of at least 4 members (excludes halogenated alkanes) is 2. The minimum Gasteiger partial charge on any atom is -0.481 e. The lowest BCUT2D eigenvalue weighted by atomic mass is 9.98. The number of carboxylic acid groups (broad SMARTS) is 1. The molecule has 1 heterocycles. The lowest BCUT2D eigenvalue weighted by Gasteiger charge is -2.39. The summed E-state index contributed by atoms with van der Waals surface area (Å²) < 4.78 is 13.2. The summed E-state index contributed by atoms with van der Waals surface area (Å²) in [6, 6.07) is 33.6. The zero-order valence-electron chi connectivity index (χ0n) is 29.5. The number of ether oxygens (including phenoxy) is 2. The molecule has 0 spiro atoms. The highest BCUT2D eigenvalue weighted by Gasteiger charge is 2.34. The second-order valence-corrected chi connectivity index (χ2v) is 13.4. The topological polar surface area (TPSA) is 129 Å². The van der Waals surface area contributed by atoms with Gasteiger partial charge in [-0.05, 0) is 66.3 Å². The van der Waals surface area contributed by atoms with Crippen LogP contribution in [0.15, 0.2) is 103 Å². The third-order valence-electron chi connectivity index (χ3n) is 9.63. The van der Waals surface area contributed by atoms with E-state index in [2.05, 4.69) is 28.4 Å². The Bertz CT molecular complexity index is 1680. The molecule has 51 heavy (non-hydrogen) atoms. The number of carbonyl (C=O) groups excluding carboxylic acids is 1. The van der Waals surface area contributed by atoms with Gasteiger partial charge in [-0.15, -0.1) is 0 Å². The number of hydrogen-bond acceptors (Lipinski definition) is 7. The monoisotopic (exact) mass is 694 g/mol. The fraction of sp³-hybridized carbons (Fsp3) is 0.381. The Morgan fingerprint density at radius 2 is 1.53 bits per heavy atom. The fourth-order valence-corrected chi connectivity index (χ4v) is 6.41. The van der Waals surface area contributed by atoms with Gasteiger partial charge in [0.2, 0.25) is 5.91 Å². The molecule has 5 rings (SSSR count). The van der Waals surface area contributed by atoms with E-state index in [4.69, 9.17) is 14.6 Å². The van der Waals surface area contributed by atoms with Crippen molar-refractivity contribution in [2.45, 2.75) is 89.2 Å². The first kappa shape index (κ1) is 37.9. The molecule has 5 atom stereocenters. The number of likely N-dealkylation sites (N-methyl/N-ethyl adjacent to an activating group) is 1. The van der Waals surface area contributed by atoms with Crippen LogP contribution in [0.5, 0.6) is 0 Å². The van der Waals surface area contributed by atoms with Crippen molar-refractivity contribution in [2.75, 3.05) is 13.6 Å². The van der Waals surface area contributed by atoms with Crippen molar-refractivity contribution in [2.24, 2.45) is 0 Å². The maximum atomic E-state index is 12.3. The van der Waals surface area contributed by atoms with Gasteiger partial charge in [-0.25, -0.2) is 0 Å². The first-order valence-corrected chi connectivity index (χ1v) is 17.8. The predicted octanol–water partition coefficient (Wildman–Crippen LogP) is 7.10. The molecule has 0 bridgehead atoms. The van der Waals surface area contributed by atoms with Crippen molar-refractivity contribution in [3.05, 3.63) is 131 Å². The maximum absolute atomic E-state index is 12.3. The number of nitrogens with one attached hydrogen (secondary N) is 1. The normalized spacial score (nSPS) is 18.6. The van der Waals surface area contributed by atoms with Crippen LogP contribution in [0, 0.1) is 0 Å². The molecule has 0 radical (unpaired) electrons. The molecule has 4 aromatic rings. The fourth-order valence-electron chi connectivity index (χ4n) is 6.41. The Balaban J connectivity index is 1.24. The molecule has 0 aliphatic carbocycles. The quantitative estimate of drug-likeness (QED) is 0.0863. The summed E-state index contributed by atoms with van der Waals surface area (Å²) in [5.74, 6) is -0.847. The molecule has 1 saturated heterocycles. The molecular formula is C42H50N2O7. The number of nitrogens with zero attached hydrogens (tertiary/aromatic N) is 1. The highest BCUT2D eigenvalue weighted by atomic mass is 16.7. The Morgan fingerprint density at radius 1 is 0.824 bits per heavy atom. The summed E-state index contributed by atoms with van der Waals surface area (Å²) in [5.41, 5.74) is 6.67. The van der Waals surface area contributed by atoms with Crippen LogP contribution in [0.3, 0.4) is 0 Å². The largest absolute Gasteiger partial charge is 0.481 e. The molecule has 1 aliphatic rings. The maximum Gasteiger partial charge on any atom is 0.303 e. The number of carbonyl (C=O) groups is 2. The van der Waals surface area contributed by atoms with Crippen molar-refractivity contribution in [3.63, 3.8) is 0 Å². The second-order valence-electron chi connectivity index (χ2n) is 13.4. The highest BCUT2D eigenvalue weighted by molar-refractivity contribution is 5.76. The number of aliphatic hydroxyl groups is 2. The SMILES string of the molecule is C[C@@H]([C@H](O)c1ccccc1)N(C)C[C@@H]1C[C@H](c2ccc(CO)cc2)O[C@H](c2ccc(-c3cccc(CNC(=O)CCCCCC(=O)O)c3)cc2)O1. The van der Waals surface area contributed by atoms with Gasteiger partial charge in [0.25, 0.3) is 0 Å². The molecule has 4 N–H and O–H groups in total. The third kappa shape index (κ3) is 11.1. The number of amides is 1. The van der Waals surface area contributed by atoms with Gasteiger partial charge >= 0.3 is 5.97 Å². The number of rotatable bonds is 17. The summed E-state index contributed by atoms with van der Waals surface area (Å²) in [7, 11) is 2.01. The van der Waals surface area contributed by atoms with Crippen LogP contribution in [-0.4, -0.2) is 57.8 Å². The van der Waals surface area contributed by atoms with Crippen LogP contribution in [0.2, 0.25) is 0 Å². The molecular weight excluding hydrogens is 644 g/mol. The zero-order valence-corrected chi connectivity index (χ0v) is 29.5. The molecule has 1 fully saturated rings. The van der Waals surface area contributed by atoms with Crippen LogP contribution in [0.4, 0.5) is 0 Å². The molecule has 1 aliphatic heterocycles. The highest BCUT2D eigenvalue weighted by Crippen LogP contribution is 2.39. The smallest absolute Gasteiger partial charge is 0.303 e. The Hall–Kier alpha value is -4.38. The van der Waals surface area contributed by atoms with Gasteiger partial charge in [-0.2, -0.15) is 0 Å². The second kappa shape index (κ2) is 18.7. The van der Waals surface area contributed by atoms with Crippen LogP contribution >= 0.6 is 0 Å².